The van der Waals surface area contributed by atoms with E-state index in [4.69, 9.17) is 26.4 Å². The molecule has 1 saturated heterocycles. The van der Waals surface area contributed by atoms with Crippen LogP contribution in [0.15, 0.2) is 17.0 Å². The van der Waals surface area contributed by atoms with E-state index in [0.29, 0.717) is 27.7 Å². The summed E-state index contributed by atoms with van der Waals surface area (Å²) in [5.74, 6) is -0.468. The Morgan fingerprint density at radius 2 is 1.74 bits per heavy atom. The highest BCUT2D eigenvalue weighted by molar-refractivity contribution is 8.26. The molecule has 1 fully saturated rings. The van der Waals surface area contributed by atoms with Gasteiger partial charge >= 0.3 is 5.97 Å². The van der Waals surface area contributed by atoms with E-state index in [-0.39, 0.29) is 10.2 Å². The Morgan fingerprint density at radius 1 is 1.19 bits per heavy atom. The van der Waals surface area contributed by atoms with Crippen LogP contribution in [0, 0.1) is 5.92 Å². The number of rotatable bonds is 7. The third kappa shape index (κ3) is 4.19. The highest BCUT2D eigenvalue weighted by Gasteiger charge is 2.41. The molecule has 1 N–H and O–H groups in total. The van der Waals surface area contributed by atoms with Gasteiger partial charge in [-0.25, -0.2) is 4.79 Å². The Labute approximate surface area is 167 Å². The molecule has 146 valence electrons. The van der Waals surface area contributed by atoms with Gasteiger partial charge in [0.15, 0.2) is 11.5 Å². The SMILES string of the molecule is COc1cc(C=C2SC(=S)N([C@H](C(=O)O)C(C)C)C2=O)cc(OC)c1OC. The van der Waals surface area contributed by atoms with Crippen molar-refractivity contribution in [1.82, 2.24) is 4.90 Å². The summed E-state index contributed by atoms with van der Waals surface area (Å²) < 4.78 is 16.1. The average Bonchev–Trinajstić information content (AvgIpc) is 2.88. The summed E-state index contributed by atoms with van der Waals surface area (Å²) in [7, 11) is 4.50. The lowest BCUT2D eigenvalue weighted by Crippen LogP contribution is -2.47. The van der Waals surface area contributed by atoms with Crippen LogP contribution in [0.3, 0.4) is 0 Å². The summed E-state index contributed by atoms with van der Waals surface area (Å²) >= 11 is 6.33. The van der Waals surface area contributed by atoms with E-state index >= 15 is 0 Å². The number of thiocarbonyl (C=S) groups is 1. The molecule has 0 aromatic heterocycles. The molecule has 1 heterocycles. The van der Waals surface area contributed by atoms with E-state index in [0.717, 1.165) is 16.7 Å². The van der Waals surface area contributed by atoms with Crippen molar-refractivity contribution >= 4 is 46.3 Å². The normalized spacial score (nSPS) is 16.8. The smallest absolute Gasteiger partial charge is 0.327 e. The molecule has 1 aliphatic heterocycles. The number of hydrogen-bond acceptors (Lipinski definition) is 7. The van der Waals surface area contributed by atoms with Crippen LogP contribution in [0.2, 0.25) is 0 Å². The maximum atomic E-state index is 12.8. The largest absolute Gasteiger partial charge is 0.493 e. The van der Waals surface area contributed by atoms with E-state index in [1.807, 2.05) is 0 Å². The Balaban J connectivity index is 2.45. The van der Waals surface area contributed by atoms with Crippen molar-refractivity contribution in [2.75, 3.05) is 21.3 Å². The van der Waals surface area contributed by atoms with Crippen LogP contribution in [0.4, 0.5) is 0 Å². The van der Waals surface area contributed by atoms with Gasteiger partial charge < -0.3 is 19.3 Å². The second kappa shape index (κ2) is 8.62. The standard InChI is InChI=1S/C18H21NO6S2/c1-9(2)14(17(21)22)19-16(20)13(27-18(19)26)8-10-6-11(23-3)15(25-5)12(7-10)24-4/h6-9,14H,1-5H3,(H,21,22)/t14-/m0/s1. The fraction of sp³-hybridized carbons (Fsp3) is 0.389. The van der Waals surface area contributed by atoms with Crippen LogP contribution < -0.4 is 14.2 Å². The molecule has 1 aliphatic rings. The summed E-state index contributed by atoms with van der Waals surface area (Å²) in [5.41, 5.74) is 0.640. The molecular formula is C18H21NO6S2. The zero-order chi connectivity index (χ0) is 20.3. The Morgan fingerprint density at radius 3 is 2.15 bits per heavy atom. The first-order chi connectivity index (χ1) is 12.7. The van der Waals surface area contributed by atoms with Crippen molar-refractivity contribution in [3.8, 4) is 17.2 Å². The maximum absolute atomic E-state index is 12.8. The average molecular weight is 412 g/mol. The van der Waals surface area contributed by atoms with E-state index in [1.54, 1.807) is 32.1 Å². The van der Waals surface area contributed by atoms with Gasteiger partial charge in [-0.2, -0.15) is 0 Å². The van der Waals surface area contributed by atoms with Gasteiger partial charge in [0.2, 0.25) is 5.75 Å². The minimum Gasteiger partial charge on any atom is -0.493 e. The third-order valence-electron chi connectivity index (χ3n) is 3.97. The van der Waals surface area contributed by atoms with Crippen LogP contribution in [0.1, 0.15) is 19.4 Å². The number of thioether (sulfide) groups is 1. The fourth-order valence-electron chi connectivity index (χ4n) is 2.75. The number of carbonyl (C=O) groups excluding carboxylic acids is 1. The zero-order valence-electron chi connectivity index (χ0n) is 15.6. The molecule has 7 nitrogen and oxygen atoms in total. The number of carboxylic acids is 1. The van der Waals surface area contributed by atoms with Crippen molar-refractivity contribution in [3.05, 3.63) is 22.6 Å². The van der Waals surface area contributed by atoms with E-state index in [1.165, 1.54) is 21.3 Å². The molecular weight excluding hydrogens is 390 g/mol. The number of methoxy groups -OCH3 is 3. The lowest BCUT2D eigenvalue weighted by molar-refractivity contribution is -0.146. The second-order valence-electron chi connectivity index (χ2n) is 6.04. The van der Waals surface area contributed by atoms with Gasteiger partial charge in [0.05, 0.1) is 26.2 Å². The molecule has 0 bridgehead atoms. The van der Waals surface area contributed by atoms with Crippen molar-refractivity contribution in [2.45, 2.75) is 19.9 Å². The maximum Gasteiger partial charge on any atom is 0.327 e. The lowest BCUT2D eigenvalue weighted by Gasteiger charge is -2.26. The predicted molar refractivity (Wildman–Crippen MR) is 107 cm³/mol. The molecule has 1 atom stereocenters. The number of nitrogens with zero attached hydrogens (tertiary/aromatic N) is 1. The van der Waals surface area contributed by atoms with E-state index in [2.05, 4.69) is 0 Å². The number of benzene rings is 1. The quantitative estimate of drug-likeness (QED) is 0.541. The van der Waals surface area contributed by atoms with Crippen molar-refractivity contribution in [1.29, 1.82) is 0 Å². The van der Waals surface area contributed by atoms with Gasteiger partial charge in [-0.15, -0.1) is 0 Å². The molecule has 0 spiro atoms. The third-order valence-corrected chi connectivity index (χ3v) is 5.30. The van der Waals surface area contributed by atoms with Gasteiger partial charge in [-0.05, 0) is 29.7 Å². The van der Waals surface area contributed by atoms with Crippen molar-refractivity contribution in [2.24, 2.45) is 5.92 Å². The summed E-state index contributed by atoms with van der Waals surface area (Å²) in [6, 6.07) is 2.39. The highest BCUT2D eigenvalue weighted by atomic mass is 32.2. The molecule has 0 aliphatic carbocycles. The molecule has 0 saturated carbocycles. The van der Waals surface area contributed by atoms with E-state index < -0.39 is 17.9 Å². The van der Waals surface area contributed by atoms with Crippen molar-refractivity contribution < 1.29 is 28.9 Å². The predicted octanol–water partition coefficient (Wildman–Crippen LogP) is 3.02. The molecule has 1 aromatic rings. The van der Waals surface area contributed by atoms with Gasteiger partial charge in [0, 0.05) is 0 Å². The first kappa shape index (κ1) is 21.0. The first-order valence-electron chi connectivity index (χ1n) is 8.05. The second-order valence-corrected chi connectivity index (χ2v) is 7.71. The fourth-order valence-corrected chi connectivity index (χ4v) is 4.08. The Bertz CT molecular complexity index is 780. The van der Waals surface area contributed by atoms with Gasteiger partial charge in [-0.1, -0.05) is 37.8 Å². The molecule has 27 heavy (non-hydrogen) atoms. The van der Waals surface area contributed by atoms with Crippen LogP contribution in [-0.2, 0) is 9.59 Å². The molecule has 1 amide bonds. The van der Waals surface area contributed by atoms with Crippen LogP contribution in [0.25, 0.3) is 6.08 Å². The Hall–Kier alpha value is -2.26. The number of hydrogen-bond donors (Lipinski definition) is 1. The van der Waals surface area contributed by atoms with Crippen LogP contribution >= 0.6 is 24.0 Å². The summed E-state index contributed by atoms with van der Waals surface area (Å²) in [5, 5.41) is 9.48. The minimum absolute atomic E-state index is 0.222. The van der Waals surface area contributed by atoms with Crippen LogP contribution in [-0.4, -0.2) is 53.6 Å². The number of amides is 1. The topological polar surface area (TPSA) is 85.3 Å². The summed E-state index contributed by atoms with van der Waals surface area (Å²) in [6.45, 7) is 3.47. The van der Waals surface area contributed by atoms with Crippen molar-refractivity contribution in [3.63, 3.8) is 0 Å². The van der Waals surface area contributed by atoms with Gasteiger partial charge in [0.1, 0.15) is 10.4 Å². The van der Waals surface area contributed by atoms with Gasteiger partial charge in [0.25, 0.3) is 5.91 Å². The number of aliphatic carboxylic acids is 1. The molecule has 1 aromatic carbocycles. The molecule has 9 heteroatoms. The van der Waals surface area contributed by atoms with Gasteiger partial charge in [-0.3, -0.25) is 9.69 Å². The zero-order valence-corrected chi connectivity index (χ0v) is 17.3. The highest BCUT2D eigenvalue weighted by Crippen LogP contribution is 2.41. The number of carboxylic acid groups (broad SMARTS) is 1. The number of carbonyl (C=O) groups is 2. The monoisotopic (exact) mass is 411 g/mol. The minimum atomic E-state index is -1.09. The molecule has 2 rings (SSSR count). The lowest BCUT2D eigenvalue weighted by atomic mass is 10.0. The Kier molecular flexibility index (Phi) is 6.72. The summed E-state index contributed by atoms with van der Waals surface area (Å²) in [4.78, 5) is 25.9. The number of ether oxygens (including phenoxy) is 3. The molecule has 0 unspecified atom stereocenters. The van der Waals surface area contributed by atoms with E-state index in [9.17, 15) is 14.7 Å². The summed E-state index contributed by atoms with van der Waals surface area (Å²) in [6.07, 6.45) is 1.63. The first-order valence-corrected chi connectivity index (χ1v) is 9.27. The van der Waals surface area contributed by atoms with Crippen LogP contribution in [0.5, 0.6) is 17.2 Å². The molecule has 0 radical (unpaired) electrons.